The Balaban J connectivity index is 1.74. The maximum absolute atomic E-state index is 14.2. The zero-order chi connectivity index (χ0) is 25.6. The van der Waals surface area contributed by atoms with Crippen molar-refractivity contribution >= 4 is 29.0 Å². The zero-order valence-electron chi connectivity index (χ0n) is 20.6. The van der Waals surface area contributed by atoms with Gasteiger partial charge in [-0.15, -0.1) is 0 Å². The lowest BCUT2D eigenvalue weighted by Crippen LogP contribution is -2.52. The molecule has 5 rings (SSSR count). The molecule has 9 heteroatoms. The van der Waals surface area contributed by atoms with Crippen LogP contribution in [0.5, 0.6) is 11.5 Å². The molecule has 2 aromatic carbocycles. The molecule has 1 N–H and O–H groups in total. The predicted molar refractivity (Wildman–Crippen MR) is 133 cm³/mol. The minimum Gasteiger partial charge on any atom is -0.507 e. The van der Waals surface area contributed by atoms with Crippen molar-refractivity contribution < 1.29 is 29.0 Å². The summed E-state index contributed by atoms with van der Waals surface area (Å²) < 4.78 is 11.2. The highest BCUT2D eigenvalue weighted by Gasteiger charge is 2.66. The summed E-state index contributed by atoms with van der Waals surface area (Å²) in [6.07, 6.45) is 0.549. The first-order valence-electron chi connectivity index (χ1n) is 12.1. The fraction of sp³-hybridized carbons (Fsp3) is 0.370. The Bertz CT molecular complexity index is 1290. The van der Waals surface area contributed by atoms with Crippen molar-refractivity contribution in [2.24, 2.45) is 0 Å². The van der Waals surface area contributed by atoms with Crippen molar-refractivity contribution in [2.45, 2.75) is 18.9 Å². The van der Waals surface area contributed by atoms with Crippen LogP contribution < -0.4 is 14.4 Å². The molecule has 1 spiro atoms. The number of nitrogens with zero attached hydrogens (tertiary/aromatic N) is 3. The monoisotopic (exact) mass is 491 g/mol. The lowest BCUT2D eigenvalue weighted by Gasteiger charge is -2.34. The Morgan fingerprint density at radius 2 is 1.78 bits per heavy atom. The normalized spacial score (nSPS) is 22.2. The van der Waals surface area contributed by atoms with E-state index < -0.39 is 28.9 Å². The van der Waals surface area contributed by atoms with Crippen LogP contribution >= 0.6 is 0 Å². The van der Waals surface area contributed by atoms with Gasteiger partial charge >= 0.3 is 0 Å². The second-order valence-electron chi connectivity index (χ2n) is 9.30. The number of carbonyl (C=O) groups excluding carboxylic acids is 3. The minimum absolute atomic E-state index is 0.179. The Labute approximate surface area is 209 Å². The number of ether oxygens (including phenoxy) is 2. The van der Waals surface area contributed by atoms with Gasteiger partial charge in [0, 0.05) is 24.2 Å². The number of anilines is 1. The Morgan fingerprint density at radius 3 is 2.50 bits per heavy atom. The molecule has 3 aliphatic rings. The standard InChI is InChI=1S/C27H29N3O6/c1-4-29-19-9-6-5-8-18(19)27(26(29)34)22(24(32)25(33)30(27)13-7-12-28(2)3)23(31)17-10-11-20-21(16-17)36-15-14-35-20/h5-6,8-11,16,31H,4,7,12-15H2,1-3H3/t27-/m1/s1. The molecule has 3 heterocycles. The first-order valence-corrected chi connectivity index (χ1v) is 12.1. The van der Waals surface area contributed by atoms with Crippen LogP contribution in [-0.4, -0.2) is 79.4 Å². The number of hydrogen-bond acceptors (Lipinski definition) is 7. The van der Waals surface area contributed by atoms with Gasteiger partial charge in [-0.3, -0.25) is 14.4 Å². The molecular weight excluding hydrogens is 462 g/mol. The number of ketones is 1. The van der Waals surface area contributed by atoms with E-state index in [4.69, 9.17) is 9.47 Å². The van der Waals surface area contributed by atoms with Gasteiger partial charge in [0.25, 0.3) is 17.6 Å². The van der Waals surface area contributed by atoms with Crippen molar-refractivity contribution in [3.63, 3.8) is 0 Å². The van der Waals surface area contributed by atoms with Crippen LogP contribution in [0, 0.1) is 0 Å². The summed E-state index contributed by atoms with van der Waals surface area (Å²) in [6.45, 7) is 3.80. The number of carbonyl (C=O) groups is 3. The van der Waals surface area contributed by atoms with Crippen LogP contribution in [0.15, 0.2) is 48.0 Å². The number of para-hydroxylation sites is 1. The highest BCUT2D eigenvalue weighted by Crippen LogP contribution is 2.53. The van der Waals surface area contributed by atoms with Crippen LogP contribution in [0.3, 0.4) is 0 Å². The van der Waals surface area contributed by atoms with E-state index in [0.29, 0.717) is 55.5 Å². The maximum Gasteiger partial charge on any atom is 0.296 e. The van der Waals surface area contributed by atoms with Crippen molar-refractivity contribution in [3.8, 4) is 11.5 Å². The second-order valence-corrected chi connectivity index (χ2v) is 9.30. The Hall–Kier alpha value is -3.85. The molecule has 1 fully saturated rings. The average Bonchev–Trinajstić information content (AvgIpc) is 3.26. The molecule has 0 aliphatic carbocycles. The molecule has 0 radical (unpaired) electrons. The maximum atomic E-state index is 14.2. The van der Waals surface area contributed by atoms with Gasteiger partial charge in [-0.2, -0.15) is 0 Å². The fourth-order valence-corrected chi connectivity index (χ4v) is 5.36. The van der Waals surface area contributed by atoms with Gasteiger partial charge in [0.2, 0.25) is 0 Å². The molecule has 0 saturated carbocycles. The SMILES string of the molecule is CCN1C(=O)[C@]2(C(=C(O)c3ccc4c(c3)OCCO4)C(=O)C(=O)N2CCCN(C)C)c2ccccc21. The molecule has 1 atom stereocenters. The van der Waals surface area contributed by atoms with Crippen LogP contribution in [0.2, 0.25) is 0 Å². The number of likely N-dealkylation sites (tertiary alicyclic amines) is 1. The van der Waals surface area contributed by atoms with Gasteiger partial charge in [-0.25, -0.2) is 0 Å². The van der Waals surface area contributed by atoms with Crippen LogP contribution in [0.25, 0.3) is 5.76 Å². The molecule has 3 aliphatic heterocycles. The van der Waals surface area contributed by atoms with E-state index in [1.807, 2.05) is 32.0 Å². The number of hydrogen-bond donors (Lipinski definition) is 1. The second kappa shape index (κ2) is 8.98. The summed E-state index contributed by atoms with van der Waals surface area (Å²) in [7, 11) is 3.83. The molecule has 9 nitrogen and oxygen atoms in total. The van der Waals surface area contributed by atoms with Gasteiger partial charge in [0.1, 0.15) is 19.0 Å². The van der Waals surface area contributed by atoms with E-state index in [1.54, 1.807) is 41.3 Å². The minimum atomic E-state index is -1.75. The average molecular weight is 492 g/mol. The third-order valence-electron chi connectivity index (χ3n) is 6.93. The summed E-state index contributed by atoms with van der Waals surface area (Å²) in [4.78, 5) is 46.1. The highest BCUT2D eigenvalue weighted by molar-refractivity contribution is 6.50. The number of benzene rings is 2. The summed E-state index contributed by atoms with van der Waals surface area (Å²) >= 11 is 0. The molecule has 0 unspecified atom stereocenters. The third kappa shape index (κ3) is 3.37. The van der Waals surface area contributed by atoms with E-state index in [2.05, 4.69) is 0 Å². The van der Waals surface area contributed by atoms with Crippen molar-refractivity contribution in [3.05, 3.63) is 59.2 Å². The van der Waals surface area contributed by atoms with Crippen molar-refractivity contribution in [1.82, 2.24) is 9.80 Å². The Kier molecular flexibility index (Phi) is 5.96. The Morgan fingerprint density at radius 1 is 1.06 bits per heavy atom. The number of Topliss-reactive ketones (excluding diaryl/α,β-unsaturated/α-hetero) is 1. The van der Waals surface area contributed by atoms with Crippen LogP contribution in [0.4, 0.5) is 5.69 Å². The largest absolute Gasteiger partial charge is 0.507 e. The molecule has 1 saturated heterocycles. The summed E-state index contributed by atoms with van der Waals surface area (Å²) in [6, 6.07) is 12.0. The first kappa shape index (κ1) is 23.9. The highest BCUT2D eigenvalue weighted by atomic mass is 16.6. The number of likely N-dealkylation sites (N-methyl/N-ethyl adjacent to an activating group) is 1. The molecule has 0 bridgehead atoms. The van der Waals surface area contributed by atoms with E-state index in [9.17, 15) is 19.5 Å². The molecular formula is C27H29N3O6. The third-order valence-corrected chi connectivity index (χ3v) is 6.93. The molecule has 2 amide bonds. The van der Waals surface area contributed by atoms with Crippen LogP contribution in [0.1, 0.15) is 24.5 Å². The van der Waals surface area contributed by atoms with Crippen molar-refractivity contribution in [2.75, 3.05) is 51.8 Å². The van der Waals surface area contributed by atoms with Gasteiger partial charge in [0.15, 0.2) is 17.0 Å². The fourth-order valence-electron chi connectivity index (χ4n) is 5.36. The van der Waals surface area contributed by atoms with Gasteiger partial charge in [-0.05, 0) is 58.3 Å². The van der Waals surface area contributed by atoms with Gasteiger partial charge < -0.3 is 29.3 Å². The smallest absolute Gasteiger partial charge is 0.296 e. The molecule has 0 aromatic heterocycles. The predicted octanol–water partition coefficient (Wildman–Crippen LogP) is 2.35. The summed E-state index contributed by atoms with van der Waals surface area (Å²) in [5, 5.41) is 11.6. The van der Waals surface area contributed by atoms with E-state index >= 15 is 0 Å². The van der Waals surface area contributed by atoms with E-state index in [0.717, 1.165) is 0 Å². The van der Waals surface area contributed by atoms with Crippen molar-refractivity contribution in [1.29, 1.82) is 0 Å². The number of amides is 2. The quantitative estimate of drug-likeness (QED) is 0.376. The van der Waals surface area contributed by atoms with Crippen LogP contribution in [-0.2, 0) is 19.9 Å². The number of rotatable bonds is 6. The van der Waals surface area contributed by atoms with Gasteiger partial charge in [0.05, 0.1) is 11.3 Å². The molecule has 188 valence electrons. The summed E-state index contributed by atoms with van der Waals surface area (Å²) in [5.41, 5.74) is -0.560. The number of aliphatic hydroxyl groups is 1. The number of fused-ring (bicyclic) bond motifs is 3. The van der Waals surface area contributed by atoms with Gasteiger partial charge in [-0.1, -0.05) is 18.2 Å². The summed E-state index contributed by atoms with van der Waals surface area (Å²) in [5.74, 6) is -1.57. The molecule has 2 aromatic rings. The first-order chi connectivity index (χ1) is 17.3. The lowest BCUT2D eigenvalue weighted by atomic mass is 9.81. The topological polar surface area (TPSA) is 99.6 Å². The van der Waals surface area contributed by atoms with E-state index in [-0.39, 0.29) is 17.7 Å². The lowest BCUT2D eigenvalue weighted by molar-refractivity contribution is -0.143. The van der Waals surface area contributed by atoms with E-state index in [1.165, 1.54) is 4.90 Å². The molecule has 36 heavy (non-hydrogen) atoms. The number of aliphatic hydroxyl groups excluding tert-OH is 1. The zero-order valence-corrected chi connectivity index (χ0v) is 20.6.